The number of hydrogen-bond acceptors (Lipinski definition) is 3. The molecule has 0 amide bonds. The number of carbonyl (C=O) groups is 1. The minimum absolute atomic E-state index is 0.0321. The Hall–Kier alpha value is -3.40. The summed E-state index contributed by atoms with van der Waals surface area (Å²) in [5.74, 6) is 4.95. The maximum absolute atomic E-state index is 13.1. The van der Waals surface area contributed by atoms with Crippen LogP contribution in [0.5, 0.6) is 5.75 Å². The van der Waals surface area contributed by atoms with E-state index in [1.165, 1.54) is 18.2 Å². The molecule has 1 heterocycles. The van der Waals surface area contributed by atoms with E-state index in [9.17, 15) is 18.0 Å². The van der Waals surface area contributed by atoms with Crippen molar-refractivity contribution in [3.05, 3.63) is 71.0 Å². The number of benzene rings is 2. The van der Waals surface area contributed by atoms with Gasteiger partial charge >= 0.3 is 12.3 Å². The van der Waals surface area contributed by atoms with Gasteiger partial charge in [-0.2, -0.15) is 13.2 Å². The molecule has 1 atom stereocenters. The second-order valence-electron chi connectivity index (χ2n) is 5.32. The van der Waals surface area contributed by atoms with Crippen LogP contribution in [0.3, 0.4) is 0 Å². The molecule has 0 saturated heterocycles. The summed E-state index contributed by atoms with van der Waals surface area (Å²) in [5, 5.41) is 8.65. The molecule has 132 valence electrons. The highest BCUT2D eigenvalue weighted by Gasteiger charge is 2.48. The van der Waals surface area contributed by atoms with Crippen LogP contribution in [0, 0.1) is 11.8 Å². The number of fused-ring (bicyclic) bond motifs is 1. The van der Waals surface area contributed by atoms with Gasteiger partial charge in [-0.1, -0.05) is 30.0 Å². The van der Waals surface area contributed by atoms with Gasteiger partial charge in [-0.3, -0.25) is 0 Å². The van der Waals surface area contributed by atoms with Gasteiger partial charge in [0.25, 0.3) is 6.10 Å². The van der Waals surface area contributed by atoms with E-state index in [0.29, 0.717) is 5.56 Å². The summed E-state index contributed by atoms with van der Waals surface area (Å²) in [7, 11) is 0. The molecule has 0 bridgehead atoms. The molecule has 3 rings (SSSR count). The van der Waals surface area contributed by atoms with Gasteiger partial charge in [0, 0.05) is 16.7 Å². The summed E-state index contributed by atoms with van der Waals surface area (Å²) < 4.78 is 48.3. The molecule has 26 heavy (non-hydrogen) atoms. The Balaban J connectivity index is 1.95. The van der Waals surface area contributed by atoms with E-state index in [0.717, 1.165) is 11.6 Å². The molecule has 0 saturated carbocycles. The zero-order chi connectivity index (χ0) is 18.7. The molecular formula is C19H11F3O4. The molecule has 0 fully saturated rings. The Morgan fingerprint density at radius 2 is 1.77 bits per heavy atom. The fraction of sp³-hybridized carbons (Fsp3) is 0.105. The van der Waals surface area contributed by atoms with Crippen molar-refractivity contribution in [2.24, 2.45) is 0 Å². The maximum atomic E-state index is 13.1. The molecule has 4 nitrogen and oxygen atoms in total. The second-order valence-corrected chi connectivity index (χ2v) is 5.32. The molecule has 0 aliphatic carbocycles. The fourth-order valence-electron chi connectivity index (χ4n) is 2.34. The molecule has 0 radical (unpaired) electrons. The maximum Gasteiger partial charge on any atom is 0.511 e. The summed E-state index contributed by atoms with van der Waals surface area (Å²) in [6.45, 7) is 0. The topological polar surface area (TPSA) is 55.8 Å². The highest BCUT2D eigenvalue weighted by atomic mass is 19.4. The number of rotatable bonds is 1. The molecule has 0 spiro atoms. The van der Waals surface area contributed by atoms with E-state index < -0.39 is 24.2 Å². The smallest absolute Gasteiger partial charge is 0.472 e. The van der Waals surface area contributed by atoms with Crippen LogP contribution in [0.1, 0.15) is 16.7 Å². The van der Waals surface area contributed by atoms with Crippen molar-refractivity contribution < 1.29 is 32.5 Å². The lowest BCUT2D eigenvalue weighted by Gasteiger charge is -2.27. The van der Waals surface area contributed by atoms with Crippen LogP contribution < -0.4 is 4.74 Å². The van der Waals surface area contributed by atoms with Crippen molar-refractivity contribution >= 4 is 12.2 Å². The van der Waals surface area contributed by atoms with Crippen LogP contribution in [-0.2, 0) is 4.74 Å². The lowest BCUT2D eigenvalue weighted by molar-refractivity contribution is -0.191. The number of ether oxygens (including phenoxy) is 2. The molecule has 2 aromatic carbocycles. The Bertz CT molecular complexity index is 921. The van der Waals surface area contributed by atoms with Crippen LogP contribution in [0.2, 0.25) is 0 Å². The second kappa shape index (κ2) is 6.84. The van der Waals surface area contributed by atoms with E-state index in [-0.39, 0.29) is 11.3 Å². The van der Waals surface area contributed by atoms with Crippen molar-refractivity contribution in [3.63, 3.8) is 0 Å². The SMILES string of the molecule is O=C(O)OC1=Cc2cc(C#Cc3ccccc3)ccc2OC1C(F)(F)F. The van der Waals surface area contributed by atoms with E-state index in [1.54, 1.807) is 0 Å². The van der Waals surface area contributed by atoms with Crippen molar-refractivity contribution in [1.29, 1.82) is 0 Å². The predicted molar refractivity (Wildman–Crippen MR) is 86.4 cm³/mol. The van der Waals surface area contributed by atoms with Gasteiger partial charge in [0.2, 0.25) is 0 Å². The Morgan fingerprint density at radius 1 is 1.08 bits per heavy atom. The van der Waals surface area contributed by atoms with Crippen molar-refractivity contribution in [1.82, 2.24) is 0 Å². The summed E-state index contributed by atoms with van der Waals surface area (Å²) in [4.78, 5) is 10.7. The first-order valence-corrected chi connectivity index (χ1v) is 7.40. The first-order valence-electron chi connectivity index (χ1n) is 7.40. The van der Waals surface area contributed by atoms with Crippen LogP contribution >= 0.6 is 0 Å². The zero-order valence-electron chi connectivity index (χ0n) is 13.1. The quantitative estimate of drug-likeness (QED) is 0.603. The zero-order valence-corrected chi connectivity index (χ0v) is 13.1. The predicted octanol–water partition coefficient (Wildman–Crippen LogP) is 4.45. The van der Waals surface area contributed by atoms with Gasteiger partial charge in [-0.25, -0.2) is 4.79 Å². The Labute approximate surface area is 146 Å². The Kier molecular flexibility index (Phi) is 4.59. The van der Waals surface area contributed by atoms with Gasteiger partial charge in [-0.05, 0) is 36.4 Å². The van der Waals surface area contributed by atoms with Gasteiger partial charge in [-0.15, -0.1) is 0 Å². The minimum atomic E-state index is -4.81. The van der Waals surface area contributed by atoms with Gasteiger partial charge < -0.3 is 14.6 Å². The monoisotopic (exact) mass is 360 g/mol. The average molecular weight is 360 g/mol. The van der Waals surface area contributed by atoms with Crippen LogP contribution in [-0.4, -0.2) is 23.5 Å². The number of alkyl halides is 3. The molecule has 1 aliphatic rings. The Morgan fingerprint density at radius 3 is 2.42 bits per heavy atom. The van der Waals surface area contributed by atoms with Crippen molar-refractivity contribution in [2.45, 2.75) is 12.3 Å². The van der Waals surface area contributed by atoms with Crippen molar-refractivity contribution in [3.8, 4) is 17.6 Å². The van der Waals surface area contributed by atoms with Crippen molar-refractivity contribution in [2.75, 3.05) is 0 Å². The van der Waals surface area contributed by atoms with Gasteiger partial charge in [0.05, 0.1) is 0 Å². The minimum Gasteiger partial charge on any atom is -0.472 e. The number of halogens is 3. The van der Waals surface area contributed by atoms with Gasteiger partial charge in [0.1, 0.15) is 5.75 Å². The molecule has 1 aliphatic heterocycles. The summed E-state index contributed by atoms with van der Waals surface area (Å²) >= 11 is 0. The summed E-state index contributed by atoms with van der Waals surface area (Å²) in [6.07, 6.45) is -8.14. The lowest BCUT2D eigenvalue weighted by atomic mass is 10.0. The van der Waals surface area contributed by atoms with E-state index in [2.05, 4.69) is 16.6 Å². The third-order valence-electron chi connectivity index (χ3n) is 3.44. The van der Waals surface area contributed by atoms with Crippen LogP contribution in [0.25, 0.3) is 6.08 Å². The first kappa shape index (κ1) is 17.4. The van der Waals surface area contributed by atoms with E-state index >= 15 is 0 Å². The fourth-order valence-corrected chi connectivity index (χ4v) is 2.34. The highest BCUT2D eigenvalue weighted by molar-refractivity contribution is 5.68. The van der Waals surface area contributed by atoms with Gasteiger partial charge in [0.15, 0.2) is 5.76 Å². The van der Waals surface area contributed by atoms with Crippen LogP contribution in [0.15, 0.2) is 54.3 Å². The third-order valence-corrected chi connectivity index (χ3v) is 3.44. The van der Waals surface area contributed by atoms with Crippen LogP contribution in [0.4, 0.5) is 18.0 Å². The molecule has 7 heteroatoms. The summed E-state index contributed by atoms with van der Waals surface area (Å²) in [5.41, 5.74) is 1.57. The average Bonchev–Trinajstić information content (AvgIpc) is 2.58. The molecule has 2 aromatic rings. The molecule has 0 aromatic heterocycles. The van der Waals surface area contributed by atoms with E-state index in [1.807, 2.05) is 30.3 Å². The first-order chi connectivity index (χ1) is 12.3. The standard InChI is InChI=1S/C19H11F3O4/c20-19(21,22)17-16(26-18(23)24)11-14-10-13(8-9-15(14)25-17)7-6-12-4-2-1-3-5-12/h1-5,8-11,17H,(H,23,24). The molecule has 1 N–H and O–H groups in total. The number of carboxylic acid groups (broad SMARTS) is 1. The molecular weight excluding hydrogens is 349 g/mol. The summed E-state index contributed by atoms with van der Waals surface area (Å²) in [6, 6.07) is 13.6. The number of hydrogen-bond donors (Lipinski definition) is 1. The largest absolute Gasteiger partial charge is 0.511 e. The lowest BCUT2D eigenvalue weighted by Crippen LogP contribution is -2.39. The normalized spacial score (nSPS) is 15.7. The highest BCUT2D eigenvalue weighted by Crippen LogP contribution is 2.37. The van der Waals surface area contributed by atoms with E-state index in [4.69, 9.17) is 9.84 Å². The molecule has 1 unspecified atom stereocenters. The third kappa shape index (κ3) is 3.98.